The van der Waals surface area contributed by atoms with Gasteiger partial charge in [-0.25, -0.2) is 0 Å². The molecule has 0 spiro atoms. The van der Waals surface area contributed by atoms with Crippen molar-refractivity contribution in [3.05, 3.63) is 64.2 Å². The maximum absolute atomic E-state index is 12.9. The zero-order valence-corrected chi connectivity index (χ0v) is 16.9. The molecule has 3 rings (SSSR count). The maximum Gasteiger partial charge on any atom is 0.295 e. The summed E-state index contributed by atoms with van der Waals surface area (Å²) >= 11 is 6.25. The third-order valence-corrected chi connectivity index (χ3v) is 5.26. The van der Waals surface area contributed by atoms with E-state index in [0.717, 1.165) is 6.42 Å². The number of benzene rings is 2. The highest BCUT2D eigenvalue weighted by molar-refractivity contribution is 6.47. The zero-order valence-electron chi connectivity index (χ0n) is 16.2. The minimum atomic E-state index is -0.774. The summed E-state index contributed by atoms with van der Waals surface area (Å²) in [6, 6.07) is 10.2. The molecule has 2 aromatic carbocycles. The van der Waals surface area contributed by atoms with Crippen LogP contribution < -0.4 is 4.74 Å². The Morgan fingerprint density at radius 3 is 2.48 bits per heavy atom. The summed E-state index contributed by atoms with van der Waals surface area (Å²) < 4.78 is 5.19. The number of phenolic OH excluding ortho intramolecular Hbond substituents is 1. The number of unbranched alkanes of at least 4 members (excludes halogenated alkanes) is 1. The summed E-state index contributed by atoms with van der Waals surface area (Å²) in [4.78, 5) is 27.1. The number of halogens is 1. The second kappa shape index (κ2) is 8.57. The number of phenols is 1. The van der Waals surface area contributed by atoms with Gasteiger partial charge >= 0.3 is 0 Å². The molecule has 1 aliphatic rings. The molecule has 152 valence electrons. The molecule has 2 aromatic rings. The van der Waals surface area contributed by atoms with Crippen LogP contribution in [0.3, 0.4) is 0 Å². The van der Waals surface area contributed by atoms with E-state index in [1.807, 2.05) is 6.92 Å². The normalized spacial score (nSPS) is 18.3. The average Bonchev–Trinajstić information content (AvgIpc) is 2.97. The van der Waals surface area contributed by atoms with Crippen LogP contribution in [-0.4, -0.2) is 40.5 Å². The molecule has 1 amide bonds. The first-order valence-corrected chi connectivity index (χ1v) is 9.68. The molecule has 0 bridgehead atoms. The van der Waals surface area contributed by atoms with Crippen molar-refractivity contribution in [2.45, 2.75) is 25.8 Å². The number of hydrogen-bond acceptors (Lipinski definition) is 5. The van der Waals surface area contributed by atoms with E-state index in [1.54, 1.807) is 24.3 Å². The summed E-state index contributed by atoms with van der Waals surface area (Å²) in [5.41, 5.74) is 0.786. The van der Waals surface area contributed by atoms with E-state index < -0.39 is 17.7 Å². The van der Waals surface area contributed by atoms with E-state index >= 15 is 0 Å². The van der Waals surface area contributed by atoms with Gasteiger partial charge in [0.2, 0.25) is 0 Å². The van der Waals surface area contributed by atoms with Crippen molar-refractivity contribution in [3.63, 3.8) is 0 Å². The lowest BCUT2D eigenvalue weighted by atomic mass is 9.95. The largest absolute Gasteiger partial charge is 0.508 e. The number of ether oxygens (including phenoxy) is 1. The SMILES string of the molecule is CCCCN1C(=O)C(=O)/C(=C(/O)c2cc(OC)ccc2Cl)C1c1ccc(O)cc1. The number of hydrogen-bond donors (Lipinski definition) is 2. The van der Waals surface area contributed by atoms with E-state index in [1.165, 1.54) is 30.2 Å². The van der Waals surface area contributed by atoms with Gasteiger partial charge < -0.3 is 19.8 Å². The molecule has 2 N–H and O–H groups in total. The number of nitrogens with zero attached hydrogens (tertiary/aromatic N) is 1. The Labute approximate surface area is 174 Å². The fourth-order valence-electron chi connectivity index (χ4n) is 3.40. The molecule has 0 saturated carbocycles. The second-order valence-electron chi connectivity index (χ2n) is 6.78. The Hall–Kier alpha value is -2.99. The quantitative estimate of drug-likeness (QED) is 0.418. The molecule has 1 saturated heterocycles. The minimum absolute atomic E-state index is 0.0352. The Balaban J connectivity index is 2.20. The number of carbonyl (C=O) groups excluding carboxylic acids is 2. The van der Waals surface area contributed by atoms with Gasteiger partial charge in [-0.05, 0) is 42.3 Å². The van der Waals surface area contributed by atoms with E-state index in [9.17, 15) is 19.8 Å². The molecule has 1 atom stereocenters. The predicted octanol–water partition coefficient (Wildman–Crippen LogP) is 4.28. The molecule has 29 heavy (non-hydrogen) atoms. The van der Waals surface area contributed by atoms with Crippen molar-refractivity contribution >= 4 is 29.1 Å². The number of carbonyl (C=O) groups is 2. The van der Waals surface area contributed by atoms with Gasteiger partial charge in [0.15, 0.2) is 0 Å². The first kappa shape index (κ1) is 20.7. The van der Waals surface area contributed by atoms with Crippen LogP contribution in [0.4, 0.5) is 0 Å². The number of amides is 1. The lowest BCUT2D eigenvalue weighted by Crippen LogP contribution is -2.30. The fraction of sp³-hybridized carbons (Fsp3) is 0.273. The Morgan fingerprint density at radius 2 is 1.86 bits per heavy atom. The minimum Gasteiger partial charge on any atom is -0.508 e. The molecule has 1 heterocycles. The van der Waals surface area contributed by atoms with E-state index in [4.69, 9.17) is 16.3 Å². The first-order chi connectivity index (χ1) is 13.9. The summed E-state index contributed by atoms with van der Waals surface area (Å²) in [5, 5.41) is 20.9. The van der Waals surface area contributed by atoms with Gasteiger partial charge in [0.1, 0.15) is 17.3 Å². The topological polar surface area (TPSA) is 87.1 Å². The van der Waals surface area contributed by atoms with Crippen LogP contribution in [0.1, 0.15) is 36.9 Å². The van der Waals surface area contributed by atoms with Crippen LogP contribution in [-0.2, 0) is 9.59 Å². The number of aliphatic hydroxyl groups is 1. The van der Waals surface area contributed by atoms with Gasteiger partial charge in [0.25, 0.3) is 11.7 Å². The summed E-state index contributed by atoms with van der Waals surface area (Å²) in [6.07, 6.45) is 1.55. The molecule has 1 fully saturated rings. The number of rotatable bonds is 6. The zero-order chi connectivity index (χ0) is 21.1. The number of aromatic hydroxyl groups is 1. The van der Waals surface area contributed by atoms with Gasteiger partial charge in [-0.15, -0.1) is 0 Å². The van der Waals surface area contributed by atoms with Gasteiger partial charge in [0.05, 0.1) is 23.7 Å². The number of ketones is 1. The van der Waals surface area contributed by atoms with Crippen LogP contribution in [0.25, 0.3) is 5.76 Å². The van der Waals surface area contributed by atoms with Crippen molar-refractivity contribution in [3.8, 4) is 11.5 Å². The van der Waals surface area contributed by atoms with Crippen LogP contribution in [0.15, 0.2) is 48.0 Å². The number of aliphatic hydroxyl groups excluding tert-OH is 1. The van der Waals surface area contributed by atoms with Crippen molar-refractivity contribution in [2.24, 2.45) is 0 Å². The molecular weight excluding hydrogens is 394 g/mol. The third kappa shape index (κ3) is 3.93. The highest BCUT2D eigenvalue weighted by Crippen LogP contribution is 2.41. The van der Waals surface area contributed by atoms with Crippen LogP contribution >= 0.6 is 11.6 Å². The monoisotopic (exact) mass is 415 g/mol. The summed E-state index contributed by atoms with van der Waals surface area (Å²) in [5.74, 6) is -1.27. The van der Waals surface area contributed by atoms with E-state index in [-0.39, 0.29) is 27.7 Å². The van der Waals surface area contributed by atoms with E-state index in [0.29, 0.717) is 24.3 Å². The molecule has 0 aliphatic carbocycles. The van der Waals surface area contributed by atoms with Crippen molar-refractivity contribution in [2.75, 3.05) is 13.7 Å². The van der Waals surface area contributed by atoms with Gasteiger partial charge in [-0.2, -0.15) is 0 Å². The lowest BCUT2D eigenvalue weighted by Gasteiger charge is -2.25. The molecule has 7 heteroatoms. The Kier molecular flexibility index (Phi) is 6.13. The molecular formula is C22H22ClNO5. The van der Waals surface area contributed by atoms with Crippen molar-refractivity contribution < 1.29 is 24.5 Å². The molecule has 6 nitrogen and oxygen atoms in total. The fourth-order valence-corrected chi connectivity index (χ4v) is 3.61. The Bertz CT molecular complexity index is 968. The highest BCUT2D eigenvalue weighted by Gasteiger charge is 2.45. The van der Waals surface area contributed by atoms with Crippen LogP contribution in [0.2, 0.25) is 5.02 Å². The van der Waals surface area contributed by atoms with Gasteiger partial charge in [-0.1, -0.05) is 37.1 Å². The second-order valence-corrected chi connectivity index (χ2v) is 7.19. The van der Waals surface area contributed by atoms with Gasteiger partial charge in [-0.3, -0.25) is 9.59 Å². The first-order valence-electron chi connectivity index (χ1n) is 9.30. The highest BCUT2D eigenvalue weighted by atomic mass is 35.5. The smallest absolute Gasteiger partial charge is 0.295 e. The van der Waals surface area contributed by atoms with Crippen molar-refractivity contribution in [1.29, 1.82) is 0 Å². The standard InChI is InChI=1S/C22H22ClNO5/c1-3-4-11-24-19(13-5-7-14(25)8-6-13)18(21(27)22(24)28)20(26)16-12-15(29-2)9-10-17(16)23/h5-10,12,19,25-26H,3-4,11H2,1-2H3/b20-18+. The number of methoxy groups -OCH3 is 1. The van der Waals surface area contributed by atoms with E-state index in [2.05, 4.69) is 0 Å². The predicted molar refractivity (Wildman–Crippen MR) is 110 cm³/mol. The molecule has 1 unspecified atom stereocenters. The van der Waals surface area contributed by atoms with Gasteiger partial charge in [0, 0.05) is 12.1 Å². The number of Topliss-reactive ketones (excluding diaryl/α,β-unsaturated/α-hetero) is 1. The van der Waals surface area contributed by atoms with Crippen LogP contribution in [0.5, 0.6) is 11.5 Å². The van der Waals surface area contributed by atoms with Crippen LogP contribution in [0, 0.1) is 0 Å². The lowest BCUT2D eigenvalue weighted by molar-refractivity contribution is -0.139. The molecule has 0 aromatic heterocycles. The molecule has 1 aliphatic heterocycles. The average molecular weight is 416 g/mol. The third-order valence-electron chi connectivity index (χ3n) is 4.93. The maximum atomic E-state index is 12.9. The molecule has 0 radical (unpaired) electrons. The Morgan fingerprint density at radius 1 is 1.17 bits per heavy atom. The summed E-state index contributed by atoms with van der Waals surface area (Å²) in [7, 11) is 1.48. The number of likely N-dealkylation sites (tertiary alicyclic amines) is 1. The van der Waals surface area contributed by atoms with Crippen molar-refractivity contribution in [1.82, 2.24) is 4.90 Å². The summed E-state index contributed by atoms with van der Waals surface area (Å²) in [6.45, 7) is 2.36.